The van der Waals surface area contributed by atoms with Gasteiger partial charge < -0.3 is 4.42 Å². The van der Waals surface area contributed by atoms with Gasteiger partial charge in [0.25, 0.3) is 0 Å². The molecule has 0 aliphatic heterocycles. The Hall–Kier alpha value is -2.70. The highest BCUT2D eigenvalue weighted by atomic mass is 16.3. The summed E-state index contributed by atoms with van der Waals surface area (Å²) in [7, 11) is 0. The van der Waals surface area contributed by atoms with E-state index in [9.17, 15) is 0 Å². The van der Waals surface area contributed by atoms with Crippen LogP contribution in [0, 0.1) is 5.92 Å². The van der Waals surface area contributed by atoms with Gasteiger partial charge in [0.05, 0.1) is 17.8 Å². The van der Waals surface area contributed by atoms with Gasteiger partial charge in [0.15, 0.2) is 17.1 Å². The standard InChI is InChI=1S/C15H16N6O/c1-10(2)5-6-20-14-11(8-17-20)15-18-13(12-4-3-7-22-12)19-21(15)9-16-14/h3-4,7-10H,5-6H2,1-2H3. The number of aryl methyl sites for hydroxylation is 1. The molecule has 0 atom stereocenters. The van der Waals surface area contributed by atoms with Crippen molar-refractivity contribution < 1.29 is 4.42 Å². The summed E-state index contributed by atoms with van der Waals surface area (Å²) in [6.07, 6.45) is 6.15. The van der Waals surface area contributed by atoms with Crippen LogP contribution in [0.4, 0.5) is 0 Å². The van der Waals surface area contributed by atoms with E-state index in [4.69, 9.17) is 4.42 Å². The molecule has 4 rings (SSSR count). The normalized spacial score (nSPS) is 12.0. The lowest BCUT2D eigenvalue weighted by atomic mass is 10.1. The van der Waals surface area contributed by atoms with Crippen LogP contribution in [0.25, 0.3) is 28.3 Å². The molecule has 4 aromatic rings. The molecule has 0 radical (unpaired) electrons. The maximum atomic E-state index is 5.35. The first-order valence-corrected chi connectivity index (χ1v) is 7.33. The number of aromatic nitrogens is 6. The molecule has 0 aromatic carbocycles. The molecule has 4 aromatic heterocycles. The largest absolute Gasteiger partial charge is 0.461 e. The molecule has 0 aliphatic rings. The molecule has 0 saturated carbocycles. The summed E-state index contributed by atoms with van der Waals surface area (Å²) in [4.78, 5) is 9.03. The van der Waals surface area contributed by atoms with Gasteiger partial charge in [0, 0.05) is 6.54 Å². The van der Waals surface area contributed by atoms with Gasteiger partial charge in [-0.2, -0.15) is 5.10 Å². The second kappa shape index (κ2) is 4.94. The summed E-state index contributed by atoms with van der Waals surface area (Å²) < 4.78 is 8.94. The van der Waals surface area contributed by atoms with Crippen molar-refractivity contribution in [3.8, 4) is 11.6 Å². The SMILES string of the molecule is CC(C)CCn1ncc2c1ncn1nc(-c3ccco3)nc21. The van der Waals surface area contributed by atoms with Gasteiger partial charge in [-0.25, -0.2) is 19.2 Å². The van der Waals surface area contributed by atoms with Crippen LogP contribution in [0.15, 0.2) is 35.3 Å². The van der Waals surface area contributed by atoms with E-state index < -0.39 is 0 Å². The number of fused-ring (bicyclic) bond motifs is 3. The van der Waals surface area contributed by atoms with Crippen molar-refractivity contribution in [1.82, 2.24) is 29.4 Å². The van der Waals surface area contributed by atoms with Gasteiger partial charge in [-0.15, -0.1) is 5.10 Å². The molecule has 0 N–H and O–H groups in total. The van der Waals surface area contributed by atoms with Crippen LogP contribution in [-0.2, 0) is 6.54 Å². The van der Waals surface area contributed by atoms with Gasteiger partial charge in [-0.3, -0.25) is 0 Å². The maximum absolute atomic E-state index is 5.35. The first-order valence-electron chi connectivity index (χ1n) is 7.33. The second-order valence-electron chi connectivity index (χ2n) is 5.71. The predicted molar refractivity (Wildman–Crippen MR) is 81.2 cm³/mol. The molecule has 7 nitrogen and oxygen atoms in total. The van der Waals surface area contributed by atoms with E-state index in [1.165, 1.54) is 0 Å². The number of hydrogen-bond acceptors (Lipinski definition) is 5. The monoisotopic (exact) mass is 296 g/mol. The van der Waals surface area contributed by atoms with Gasteiger partial charge in [0.2, 0.25) is 5.82 Å². The van der Waals surface area contributed by atoms with Crippen LogP contribution < -0.4 is 0 Å². The quantitative estimate of drug-likeness (QED) is 0.579. The first kappa shape index (κ1) is 13.0. The van der Waals surface area contributed by atoms with Crippen molar-refractivity contribution in [2.75, 3.05) is 0 Å². The average molecular weight is 296 g/mol. The number of nitrogens with zero attached hydrogens (tertiary/aromatic N) is 6. The van der Waals surface area contributed by atoms with E-state index in [-0.39, 0.29) is 0 Å². The fraction of sp³-hybridized carbons (Fsp3) is 0.333. The lowest BCUT2D eigenvalue weighted by Crippen LogP contribution is -2.04. The fourth-order valence-electron chi connectivity index (χ4n) is 2.42. The van der Waals surface area contributed by atoms with Crippen LogP contribution in [0.3, 0.4) is 0 Å². The Morgan fingerprint density at radius 2 is 2.18 bits per heavy atom. The van der Waals surface area contributed by atoms with E-state index in [0.29, 0.717) is 17.5 Å². The molecule has 0 saturated heterocycles. The van der Waals surface area contributed by atoms with Crippen molar-refractivity contribution in [3.63, 3.8) is 0 Å². The molecular weight excluding hydrogens is 280 g/mol. The maximum Gasteiger partial charge on any atom is 0.217 e. The van der Waals surface area contributed by atoms with Crippen molar-refractivity contribution in [2.24, 2.45) is 5.92 Å². The molecule has 0 aliphatic carbocycles. The minimum absolute atomic E-state index is 0.550. The number of furan rings is 1. The molecule has 0 fully saturated rings. The number of rotatable bonds is 4. The van der Waals surface area contributed by atoms with E-state index in [1.54, 1.807) is 23.3 Å². The zero-order chi connectivity index (χ0) is 15.1. The Morgan fingerprint density at radius 1 is 1.27 bits per heavy atom. The molecule has 7 heteroatoms. The molecule has 112 valence electrons. The highest BCUT2D eigenvalue weighted by Gasteiger charge is 2.14. The van der Waals surface area contributed by atoms with Crippen molar-refractivity contribution in [1.29, 1.82) is 0 Å². The van der Waals surface area contributed by atoms with E-state index in [0.717, 1.165) is 29.6 Å². The van der Waals surface area contributed by atoms with Crippen molar-refractivity contribution in [3.05, 3.63) is 30.9 Å². The molecule has 22 heavy (non-hydrogen) atoms. The highest BCUT2D eigenvalue weighted by Crippen LogP contribution is 2.21. The second-order valence-corrected chi connectivity index (χ2v) is 5.71. The molecule has 4 heterocycles. The Balaban J connectivity index is 1.82. The van der Waals surface area contributed by atoms with E-state index in [1.807, 2.05) is 16.8 Å². The summed E-state index contributed by atoms with van der Waals surface area (Å²) in [6.45, 7) is 5.25. The van der Waals surface area contributed by atoms with Crippen molar-refractivity contribution >= 4 is 16.7 Å². The fourth-order valence-corrected chi connectivity index (χ4v) is 2.42. The lowest BCUT2D eigenvalue weighted by molar-refractivity contribution is 0.494. The zero-order valence-electron chi connectivity index (χ0n) is 12.5. The van der Waals surface area contributed by atoms with Crippen LogP contribution in [0.5, 0.6) is 0 Å². The molecule has 0 bridgehead atoms. The third kappa shape index (κ3) is 2.05. The third-order valence-corrected chi connectivity index (χ3v) is 3.63. The van der Waals surface area contributed by atoms with Crippen LogP contribution >= 0.6 is 0 Å². The molecule has 0 amide bonds. The predicted octanol–water partition coefficient (Wildman–Crippen LogP) is 2.78. The summed E-state index contributed by atoms with van der Waals surface area (Å²) in [5.74, 6) is 1.82. The Labute approximate surface area is 126 Å². The number of hydrogen-bond donors (Lipinski definition) is 0. The minimum Gasteiger partial charge on any atom is -0.461 e. The van der Waals surface area contributed by atoms with Crippen molar-refractivity contribution in [2.45, 2.75) is 26.8 Å². The molecule has 0 unspecified atom stereocenters. The van der Waals surface area contributed by atoms with Crippen LogP contribution in [0.1, 0.15) is 20.3 Å². The van der Waals surface area contributed by atoms with Gasteiger partial charge in [-0.05, 0) is 24.5 Å². The molecule has 0 spiro atoms. The van der Waals surface area contributed by atoms with Crippen LogP contribution in [0.2, 0.25) is 0 Å². The van der Waals surface area contributed by atoms with Gasteiger partial charge in [-0.1, -0.05) is 13.8 Å². The Bertz CT molecular complexity index is 918. The summed E-state index contributed by atoms with van der Waals surface area (Å²) >= 11 is 0. The van der Waals surface area contributed by atoms with Gasteiger partial charge >= 0.3 is 0 Å². The summed E-state index contributed by atoms with van der Waals surface area (Å²) in [6, 6.07) is 3.66. The molecular formula is C15H16N6O. The third-order valence-electron chi connectivity index (χ3n) is 3.63. The summed E-state index contributed by atoms with van der Waals surface area (Å²) in [5, 5.41) is 9.74. The van der Waals surface area contributed by atoms with Crippen LogP contribution in [-0.4, -0.2) is 29.4 Å². The Kier molecular flexibility index (Phi) is 2.92. The van der Waals surface area contributed by atoms with E-state index >= 15 is 0 Å². The first-order chi connectivity index (χ1) is 10.7. The van der Waals surface area contributed by atoms with Gasteiger partial charge in [0.1, 0.15) is 6.33 Å². The lowest BCUT2D eigenvalue weighted by Gasteiger charge is -2.05. The topological polar surface area (TPSA) is 74.0 Å². The highest BCUT2D eigenvalue weighted by molar-refractivity contribution is 5.88. The smallest absolute Gasteiger partial charge is 0.217 e. The Morgan fingerprint density at radius 3 is 2.95 bits per heavy atom. The zero-order valence-corrected chi connectivity index (χ0v) is 12.5. The average Bonchev–Trinajstić information content (AvgIpc) is 3.22. The minimum atomic E-state index is 0.550. The van der Waals surface area contributed by atoms with E-state index in [2.05, 4.69) is 34.0 Å². The summed E-state index contributed by atoms with van der Waals surface area (Å²) in [5.41, 5.74) is 1.58.